The Labute approximate surface area is 654 Å². The Kier molecular flexibility index (Phi) is 84.1. The number of esters is 2. The molecular weight excluding hydrogens is 1300 g/mol. The van der Waals surface area contributed by atoms with Gasteiger partial charge in [-0.3, -0.25) is 9.59 Å². The summed E-state index contributed by atoms with van der Waals surface area (Å²) in [4.78, 5) is 37.7. The van der Waals surface area contributed by atoms with E-state index in [1.54, 1.807) is 0 Å². The first kappa shape index (κ1) is 102. The fraction of sp³-hybridized carbons (Fsp3) is 0.865. The normalized spacial score (nSPS) is 12.8. The zero-order valence-electron chi connectivity index (χ0n) is 70.9. The van der Waals surface area contributed by atoms with Crippen LogP contribution in [-0.4, -0.2) is 82.3 Å². The molecular formula is C96H179NO8. The largest absolute Gasteiger partial charge is 0.545 e. The number of ether oxygens (including phenoxy) is 4. The second-order valence-corrected chi connectivity index (χ2v) is 32.9. The van der Waals surface area contributed by atoms with Crippen molar-refractivity contribution in [1.29, 1.82) is 0 Å². The minimum absolute atomic E-state index is 0.151. The van der Waals surface area contributed by atoms with Crippen molar-refractivity contribution in [3.05, 3.63) is 60.8 Å². The van der Waals surface area contributed by atoms with E-state index in [4.69, 9.17) is 18.9 Å². The SMILES string of the molecule is CC/C=C\C/C=C\C/C=C\C/C=C\CCCCCCCCCCCCCCCCCCCCCCCCCCCCC(=O)OC(COC(=O)CCCCCCCCCCCCCCCCCCCCCCCCCCCCCCC/C=C\CCCCCCCCCC)COC(OCC[N+](C)(C)C)C(=O)[O-]. The number of likely N-dealkylation sites (N-methyl/N-ethyl adjacent to an activating group) is 1. The van der Waals surface area contributed by atoms with Crippen molar-refractivity contribution in [2.45, 2.75) is 489 Å². The third kappa shape index (κ3) is 88.1. The number of unbranched alkanes of at least 4 members (excludes halogenated alkanes) is 63. The molecule has 0 aliphatic rings. The summed E-state index contributed by atoms with van der Waals surface area (Å²) in [6.07, 6.45) is 114. The van der Waals surface area contributed by atoms with E-state index in [2.05, 4.69) is 74.6 Å². The van der Waals surface area contributed by atoms with Crippen molar-refractivity contribution in [3.63, 3.8) is 0 Å². The van der Waals surface area contributed by atoms with Crippen molar-refractivity contribution in [2.24, 2.45) is 0 Å². The van der Waals surface area contributed by atoms with Gasteiger partial charge in [0.2, 0.25) is 0 Å². The van der Waals surface area contributed by atoms with Crippen LogP contribution < -0.4 is 5.11 Å². The molecule has 0 fully saturated rings. The summed E-state index contributed by atoms with van der Waals surface area (Å²) in [7, 11) is 5.96. The van der Waals surface area contributed by atoms with Crippen LogP contribution in [0.15, 0.2) is 60.8 Å². The summed E-state index contributed by atoms with van der Waals surface area (Å²) >= 11 is 0. The van der Waals surface area contributed by atoms with Gasteiger partial charge in [0.25, 0.3) is 0 Å². The smallest absolute Gasteiger partial charge is 0.306 e. The third-order valence-electron chi connectivity index (χ3n) is 21.2. The fourth-order valence-corrected chi connectivity index (χ4v) is 14.2. The minimum atomic E-state index is -1.62. The van der Waals surface area contributed by atoms with Crippen LogP contribution in [0.4, 0.5) is 0 Å². The van der Waals surface area contributed by atoms with Gasteiger partial charge in [-0.05, 0) is 77.0 Å². The van der Waals surface area contributed by atoms with Crippen LogP contribution >= 0.6 is 0 Å². The van der Waals surface area contributed by atoms with Crippen LogP contribution in [0.25, 0.3) is 0 Å². The van der Waals surface area contributed by atoms with Crippen LogP contribution in [-0.2, 0) is 33.3 Å². The second-order valence-electron chi connectivity index (χ2n) is 32.9. The lowest BCUT2D eigenvalue weighted by atomic mass is 10.0. The summed E-state index contributed by atoms with van der Waals surface area (Å²) in [5, 5.41) is 11.9. The number of hydrogen-bond donors (Lipinski definition) is 0. The Bertz CT molecular complexity index is 1920. The Morgan fingerprint density at radius 1 is 0.295 bits per heavy atom. The van der Waals surface area contributed by atoms with Gasteiger partial charge in [-0.1, -0.05) is 447 Å². The molecule has 9 heteroatoms. The van der Waals surface area contributed by atoms with Gasteiger partial charge in [0.1, 0.15) is 13.2 Å². The average molecular weight is 1480 g/mol. The molecule has 0 aromatic rings. The highest BCUT2D eigenvalue weighted by Gasteiger charge is 2.22. The molecule has 2 unspecified atom stereocenters. The monoisotopic (exact) mass is 1470 g/mol. The molecule has 0 aliphatic carbocycles. The average Bonchev–Trinajstić information content (AvgIpc) is 1.97. The van der Waals surface area contributed by atoms with Gasteiger partial charge in [0.15, 0.2) is 12.4 Å². The number of quaternary nitrogens is 1. The Balaban J connectivity index is 3.87. The summed E-state index contributed by atoms with van der Waals surface area (Å²) in [5.41, 5.74) is 0. The molecule has 0 saturated heterocycles. The highest BCUT2D eigenvalue weighted by Crippen LogP contribution is 2.21. The summed E-state index contributed by atoms with van der Waals surface area (Å²) < 4.78 is 22.9. The van der Waals surface area contributed by atoms with Crippen LogP contribution in [0.2, 0.25) is 0 Å². The van der Waals surface area contributed by atoms with Crippen molar-refractivity contribution in [3.8, 4) is 0 Å². The van der Waals surface area contributed by atoms with Gasteiger partial charge in [0, 0.05) is 12.8 Å². The van der Waals surface area contributed by atoms with Crippen molar-refractivity contribution in [2.75, 3.05) is 47.5 Å². The maximum absolute atomic E-state index is 13.0. The maximum Gasteiger partial charge on any atom is 0.306 e. The number of carbonyl (C=O) groups excluding carboxylic acids is 3. The van der Waals surface area contributed by atoms with E-state index in [-0.39, 0.29) is 32.2 Å². The lowest BCUT2D eigenvalue weighted by Gasteiger charge is -2.26. The number of hydrogen-bond acceptors (Lipinski definition) is 8. The lowest BCUT2D eigenvalue weighted by molar-refractivity contribution is -0.870. The van der Waals surface area contributed by atoms with Crippen molar-refractivity contribution in [1.82, 2.24) is 0 Å². The fourth-order valence-electron chi connectivity index (χ4n) is 14.2. The summed E-state index contributed by atoms with van der Waals surface area (Å²) in [6, 6.07) is 0. The molecule has 105 heavy (non-hydrogen) atoms. The molecule has 0 spiro atoms. The third-order valence-corrected chi connectivity index (χ3v) is 21.2. The first-order valence-corrected chi connectivity index (χ1v) is 46.4. The first-order valence-electron chi connectivity index (χ1n) is 46.4. The van der Waals surface area contributed by atoms with Gasteiger partial charge in [-0.2, -0.15) is 0 Å². The molecule has 0 amide bonds. The van der Waals surface area contributed by atoms with Gasteiger partial charge in [-0.25, -0.2) is 0 Å². The van der Waals surface area contributed by atoms with Crippen LogP contribution in [0.3, 0.4) is 0 Å². The molecule has 9 nitrogen and oxygen atoms in total. The molecule has 2 atom stereocenters. The minimum Gasteiger partial charge on any atom is -0.545 e. The molecule has 0 rings (SSSR count). The second kappa shape index (κ2) is 86.6. The van der Waals surface area contributed by atoms with Gasteiger partial charge in [0.05, 0.1) is 40.3 Å². The number of allylic oxidation sites excluding steroid dienone is 10. The quantitative estimate of drug-likeness (QED) is 0.0195. The van der Waals surface area contributed by atoms with E-state index in [0.717, 1.165) is 64.2 Å². The number of aliphatic carboxylic acids is 1. The molecule has 0 radical (unpaired) electrons. The standard InChI is InChI=1S/C96H179NO8/c1-6-8-10-12-14-16-18-20-22-24-26-28-30-32-34-36-38-40-42-44-46-47-49-50-52-54-56-58-60-62-64-66-68-70-72-74-76-78-80-82-84-86-93(98)103-90-92(91-104-96(95(100)101)102-89-88-97(3,4)5)105-94(99)87-85-83-81-79-77-75-73-71-69-67-65-63-61-59-57-55-53-51-48-45-43-41-39-37-35-33-31-29-27-25-23-21-19-17-15-13-11-9-7-2/h9,11,15,17,21,23-24,26-27,29,92,96H,6-8,10,12-14,16,18-20,22,25,28,30-91H2,1-5H3/b11-9-,17-15-,23-21-,26-24-,29-27-. The zero-order chi connectivity index (χ0) is 76.0. The molecule has 0 aromatic heterocycles. The Morgan fingerprint density at radius 3 is 0.819 bits per heavy atom. The van der Waals surface area contributed by atoms with E-state index < -0.39 is 24.3 Å². The first-order chi connectivity index (χ1) is 51.6. The predicted molar refractivity (Wildman–Crippen MR) is 454 cm³/mol. The number of carboxylic acids is 1. The Morgan fingerprint density at radius 2 is 0.543 bits per heavy atom. The highest BCUT2D eigenvalue weighted by atomic mass is 16.7. The van der Waals surface area contributed by atoms with Crippen LogP contribution in [0, 0.1) is 0 Å². The molecule has 0 saturated carbocycles. The lowest BCUT2D eigenvalue weighted by Crippen LogP contribution is -2.44. The predicted octanol–water partition coefficient (Wildman–Crippen LogP) is 29.2. The molecule has 0 aromatic carbocycles. The molecule has 0 aliphatic heterocycles. The topological polar surface area (TPSA) is 111 Å². The van der Waals surface area contributed by atoms with Crippen molar-refractivity contribution < 1.29 is 42.9 Å². The summed E-state index contributed by atoms with van der Waals surface area (Å²) in [6.45, 7) is 4.72. The maximum atomic E-state index is 13.0. The molecule has 0 heterocycles. The highest BCUT2D eigenvalue weighted by molar-refractivity contribution is 5.70. The van der Waals surface area contributed by atoms with E-state index in [9.17, 15) is 19.5 Å². The molecule has 0 bridgehead atoms. The van der Waals surface area contributed by atoms with E-state index >= 15 is 0 Å². The van der Waals surface area contributed by atoms with Crippen molar-refractivity contribution >= 4 is 17.9 Å². The number of carboxylic acid groups (broad SMARTS) is 1. The van der Waals surface area contributed by atoms with Gasteiger partial charge < -0.3 is 33.3 Å². The van der Waals surface area contributed by atoms with E-state index in [1.807, 2.05) is 21.1 Å². The number of rotatable bonds is 88. The van der Waals surface area contributed by atoms with E-state index in [1.165, 1.54) is 385 Å². The van der Waals surface area contributed by atoms with E-state index in [0.29, 0.717) is 17.4 Å². The van der Waals surface area contributed by atoms with Crippen LogP contribution in [0.1, 0.15) is 476 Å². The number of nitrogens with zero attached hydrogens (tertiary/aromatic N) is 1. The summed E-state index contributed by atoms with van der Waals surface area (Å²) in [5.74, 6) is -2.24. The number of carbonyl (C=O) groups is 3. The van der Waals surface area contributed by atoms with Crippen LogP contribution in [0.5, 0.6) is 0 Å². The van der Waals surface area contributed by atoms with Gasteiger partial charge >= 0.3 is 11.9 Å². The molecule has 616 valence electrons. The molecule has 0 N–H and O–H groups in total. The zero-order valence-corrected chi connectivity index (χ0v) is 70.9. The Hall–Kier alpha value is -3.01. The van der Waals surface area contributed by atoms with Gasteiger partial charge in [-0.15, -0.1) is 0 Å².